The predicted octanol–water partition coefficient (Wildman–Crippen LogP) is 3.13. The molecule has 3 aromatic rings. The van der Waals surface area contributed by atoms with Crippen LogP contribution in [0.4, 0.5) is 5.69 Å². The first-order chi connectivity index (χ1) is 13.0. The molecular formula is C18H17N3O4S2. The van der Waals surface area contributed by atoms with Gasteiger partial charge in [-0.05, 0) is 42.2 Å². The molecule has 0 atom stereocenters. The Balaban J connectivity index is 1.70. The van der Waals surface area contributed by atoms with Crippen LogP contribution in [-0.4, -0.2) is 25.6 Å². The highest BCUT2D eigenvalue weighted by atomic mass is 32.2. The van der Waals surface area contributed by atoms with Crippen molar-refractivity contribution in [1.82, 2.24) is 9.71 Å². The third-order valence-corrected chi connectivity index (χ3v) is 5.68. The maximum atomic E-state index is 12.4. The summed E-state index contributed by atoms with van der Waals surface area (Å²) in [7, 11) is -3.89. The fourth-order valence-electron chi connectivity index (χ4n) is 2.27. The number of nitrogens with one attached hydrogen (secondary N) is 2. The number of hydrogen-bond donors (Lipinski definition) is 2. The predicted molar refractivity (Wildman–Crippen MR) is 103 cm³/mol. The number of benzene rings is 1. The van der Waals surface area contributed by atoms with E-state index in [9.17, 15) is 13.2 Å². The van der Waals surface area contributed by atoms with Crippen LogP contribution in [0.3, 0.4) is 0 Å². The van der Waals surface area contributed by atoms with Crippen molar-refractivity contribution in [3.05, 3.63) is 72.2 Å². The summed E-state index contributed by atoms with van der Waals surface area (Å²) in [5, 5.41) is 2.40. The molecule has 2 N–H and O–H groups in total. The van der Waals surface area contributed by atoms with E-state index in [0.717, 1.165) is 4.90 Å². The molecule has 0 aliphatic carbocycles. The molecule has 0 bridgehead atoms. The fraction of sp³-hybridized carbons (Fsp3) is 0.111. The molecule has 0 fully saturated rings. The number of furan rings is 1. The first-order valence-corrected chi connectivity index (χ1v) is 10.6. The van der Waals surface area contributed by atoms with Crippen molar-refractivity contribution in [3.8, 4) is 0 Å². The van der Waals surface area contributed by atoms with Gasteiger partial charge in [0.05, 0.1) is 5.69 Å². The van der Waals surface area contributed by atoms with E-state index in [-0.39, 0.29) is 17.4 Å². The minimum Gasteiger partial charge on any atom is -0.438 e. The molecule has 0 aliphatic heterocycles. The number of hydrogen-bond acceptors (Lipinski definition) is 6. The second kappa shape index (κ2) is 8.38. The van der Waals surface area contributed by atoms with Crippen LogP contribution in [-0.2, 0) is 16.6 Å². The second-order valence-electron chi connectivity index (χ2n) is 5.46. The van der Waals surface area contributed by atoms with Crippen LogP contribution in [0.5, 0.6) is 0 Å². The normalized spacial score (nSPS) is 11.3. The van der Waals surface area contributed by atoms with Crippen LogP contribution in [0.25, 0.3) is 0 Å². The average Bonchev–Trinajstić information content (AvgIpc) is 3.19. The third-order valence-electron chi connectivity index (χ3n) is 3.61. The quantitative estimate of drug-likeness (QED) is 0.588. The van der Waals surface area contributed by atoms with Gasteiger partial charge in [0, 0.05) is 23.8 Å². The van der Waals surface area contributed by atoms with Gasteiger partial charge in [-0.15, -0.1) is 11.8 Å². The van der Waals surface area contributed by atoms with Crippen LogP contribution in [0.15, 0.2) is 75.3 Å². The van der Waals surface area contributed by atoms with E-state index >= 15 is 0 Å². The summed E-state index contributed by atoms with van der Waals surface area (Å²) in [5.41, 5.74) is 1.34. The van der Waals surface area contributed by atoms with Gasteiger partial charge in [0.2, 0.25) is 5.09 Å². The number of carbonyl (C=O) groups excluding carboxylic acids is 1. The van der Waals surface area contributed by atoms with E-state index in [2.05, 4.69) is 15.0 Å². The maximum Gasteiger partial charge on any atom is 0.291 e. The van der Waals surface area contributed by atoms with Gasteiger partial charge in [0.25, 0.3) is 15.9 Å². The molecule has 2 heterocycles. The third kappa shape index (κ3) is 4.76. The second-order valence-corrected chi connectivity index (χ2v) is 8.00. The number of rotatable bonds is 7. The largest absolute Gasteiger partial charge is 0.438 e. The lowest BCUT2D eigenvalue weighted by molar-refractivity contribution is 0.0991. The number of anilines is 1. The number of aromatic nitrogens is 1. The highest BCUT2D eigenvalue weighted by Gasteiger charge is 2.21. The molecule has 1 aromatic carbocycles. The first kappa shape index (κ1) is 19.2. The highest BCUT2D eigenvalue weighted by Crippen LogP contribution is 2.25. The van der Waals surface area contributed by atoms with E-state index in [1.165, 1.54) is 23.9 Å². The Bertz CT molecular complexity index is 1030. The molecule has 0 spiro atoms. The summed E-state index contributed by atoms with van der Waals surface area (Å²) in [4.78, 5) is 17.2. The lowest BCUT2D eigenvalue weighted by atomic mass is 10.3. The molecule has 0 saturated heterocycles. The minimum absolute atomic E-state index is 0.0689. The molecule has 2 aromatic heterocycles. The lowest BCUT2D eigenvalue weighted by Gasteiger charge is -2.07. The van der Waals surface area contributed by atoms with Gasteiger partial charge in [0.15, 0.2) is 5.76 Å². The number of nitrogens with zero attached hydrogens (tertiary/aromatic N) is 1. The molecule has 3 rings (SSSR count). The Hall–Kier alpha value is -2.62. The molecule has 7 nitrogen and oxygen atoms in total. The van der Waals surface area contributed by atoms with Gasteiger partial charge >= 0.3 is 0 Å². The number of pyridine rings is 1. The van der Waals surface area contributed by atoms with Crippen LogP contribution in [0, 0.1) is 0 Å². The first-order valence-electron chi connectivity index (χ1n) is 7.92. The maximum absolute atomic E-state index is 12.4. The molecule has 27 heavy (non-hydrogen) atoms. The molecule has 0 aliphatic rings. The van der Waals surface area contributed by atoms with Crippen molar-refractivity contribution in [2.75, 3.05) is 11.6 Å². The number of para-hydroxylation sites is 1. The average molecular weight is 403 g/mol. The van der Waals surface area contributed by atoms with Gasteiger partial charge in [0.1, 0.15) is 0 Å². The lowest BCUT2D eigenvalue weighted by Crippen LogP contribution is -2.23. The van der Waals surface area contributed by atoms with Crippen molar-refractivity contribution in [2.24, 2.45) is 0 Å². The fourth-order valence-corrected chi connectivity index (χ4v) is 3.77. The van der Waals surface area contributed by atoms with Gasteiger partial charge in [-0.25, -0.2) is 13.1 Å². The zero-order valence-corrected chi connectivity index (χ0v) is 16.0. The number of sulfonamides is 1. The molecule has 0 radical (unpaired) electrons. The van der Waals surface area contributed by atoms with Gasteiger partial charge < -0.3 is 9.73 Å². The SMILES string of the molecule is CSc1ccccc1NC(=O)c1ccc(S(=O)(=O)NCc2cccnc2)o1. The summed E-state index contributed by atoms with van der Waals surface area (Å²) in [6.07, 6.45) is 5.06. The molecule has 9 heteroatoms. The monoisotopic (exact) mass is 403 g/mol. The summed E-state index contributed by atoms with van der Waals surface area (Å²) >= 11 is 1.49. The van der Waals surface area contributed by atoms with Crippen molar-refractivity contribution in [1.29, 1.82) is 0 Å². The Labute approximate surface area is 161 Å². The van der Waals surface area contributed by atoms with Crippen LogP contribution in [0.1, 0.15) is 16.1 Å². The summed E-state index contributed by atoms with van der Waals surface area (Å²) in [5.74, 6) is -0.613. The van der Waals surface area contributed by atoms with Crippen LogP contribution < -0.4 is 10.0 Å². The standard InChI is InChI=1S/C18H17N3O4S2/c1-26-16-7-3-2-6-14(16)21-18(22)15-8-9-17(25-15)27(23,24)20-12-13-5-4-10-19-11-13/h2-11,20H,12H2,1H3,(H,21,22). The Morgan fingerprint density at radius 1 is 1.15 bits per heavy atom. The van der Waals surface area contributed by atoms with Crippen LogP contribution >= 0.6 is 11.8 Å². The van der Waals surface area contributed by atoms with Crippen molar-refractivity contribution in [2.45, 2.75) is 16.5 Å². The van der Waals surface area contributed by atoms with Gasteiger partial charge in [-0.2, -0.15) is 0 Å². The molecule has 140 valence electrons. The number of amides is 1. The van der Waals surface area contributed by atoms with E-state index in [0.29, 0.717) is 11.3 Å². The molecular weight excluding hydrogens is 386 g/mol. The highest BCUT2D eigenvalue weighted by molar-refractivity contribution is 7.98. The van der Waals surface area contributed by atoms with Gasteiger partial charge in [-0.3, -0.25) is 9.78 Å². The van der Waals surface area contributed by atoms with E-state index in [4.69, 9.17) is 4.42 Å². The van der Waals surface area contributed by atoms with E-state index in [1.807, 2.05) is 18.4 Å². The Kier molecular flexibility index (Phi) is 5.94. The summed E-state index contributed by atoms with van der Waals surface area (Å²) in [6, 6.07) is 13.4. The zero-order valence-electron chi connectivity index (χ0n) is 14.4. The Morgan fingerprint density at radius 3 is 2.70 bits per heavy atom. The molecule has 0 unspecified atom stereocenters. The zero-order chi connectivity index (χ0) is 19.3. The smallest absolute Gasteiger partial charge is 0.291 e. The minimum atomic E-state index is -3.89. The van der Waals surface area contributed by atoms with Crippen molar-refractivity contribution in [3.63, 3.8) is 0 Å². The van der Waals surface area contributed by atoms with E-state index < -0.39 is 15.9 Å². The summed E-state index contributed by atoms with van der Waals surface area (Å²) in [6.45, 7) is 0.0689. The molecule has 1 amide bonds. The van der Waals surface area contributed by atoms with Crippen LogP contribution in [0.2, 0.25) is 0 Å². The topological polar surface area (TPSA) is 101 Å². The van der Waals surface area contributed by atoms with Gasteiger partial charge in [-0.1, -0.05) is 18.2 Å². The van der Waals surface area contributed by atoms with Crippen molar-refractivity contribution >= 4 is 33.4 Å². The number of thioether (sulfide) groups is 1. The Morgan fingerprint density at radius 2 is 1.96 bits per heavy atom. The van der Waals surface area contributed by atoms with E-state index in [1.54, 1.807) is 36.7 Å². The van der Waals surface area contributed by atoms with Crippen molar-refractivity contribution < 1.29 is 17.6 Å². The molecule has 0 saturated carbocycles. The number of carbonyl (C=O) groups is 1. The summed E-state index contributed by atoms with van der Waals surface area (Å²) < 4.78 is 32.4.